The van der Waals surface area contributed by atoms with E-state index in [1.165, 1.54) is 12.8 Å². The smallest absolute Gasteiger partial charge is 0.241 e. The Labute approximate surface area is 114 Å². The van der Waals surface area contributed by atoms with Crippen LogP contribution in [0.2, 0.25) is 0 Å². The highest BCUT2D eigenvalue weighted by Crippen LogP contribution is 2.27. The lowest BCUT2D eigenvalue weighted by Gasteiger charge is -2.34. The molecule has 0 bridgehead atoms. The van der Waals surface area contributed by atoms with Gasteiger partial charge in [-0.2, -0.15) is 0 Å². The Kier molecular flexibility index (Phi) is 3.69. The highest BCUT2D eigenvalue weighted by molar-refractivity contribution is 5.81. The van der Waals surface area contributed by atoms with Gasteiger partial charge in [0.05, 0.1) is 6.54 Å². The number of hydrogen-bond donors (Lipinski definition) is 1. The maximum atomic E-state index is 12.1. The van der Waals surface area contributed by atoms with Crippen molar-refractivity contribution in [1.29, 1.82) is 0 Å². The number of carbonyl (C=O) groups excluding carboxylic acids is 1. The van der Waals surface area contributed by atoms with Crippen molar-refractivity contribution < 1.29 is 4.79 Å². The van der Waals surface area contributed by atoms with Gasteiger partial charge in [0.15, 0.2) is 0 Å². The first-order valence-corrected chi connectivity index (χ1v) is 7.14. The van der Waals surface area contributed by atoms with Crippen LogP contribution in [0, 0.1) is 0 Å². The van der Waals surface area contributed by atoms with Crippen molar-refractivity contribution in [3.63, 3.8) is 0 Å². The molecule has 0 radical (unpaired) electrons. The Morgan fingerprint density at radius 2 is 1.79 bits per heavy atom. The number of amides is 1. The summed E-state index contributed by atoms with van der Waals surface area (Å²) in [5.41, 5.74) is 1.01. The number of para-hydroxylation sites is 1. The molecule has 2 fully saturated rings. The molecule has 1 aromatic rings. The normalized spacial score (nSPS) is 20.3. The first-order valence-electron chi connectivity index (χ1n) is 7.14. The topological polar surface area (TPSA) is 35.6 Å². The van der Waals surface area contributed by atoms with Crippen molar-refractivity contribution in [2.45, 2.75) is 18.9 Å². The number of benzene rings is 1. The highest BCUT2D eigenvalue weighted by atomic mass is 16.2. The molecule has 4 nitrogen and oxygen atoms in total. The number of carbonyl (C=O) groups is 1. The third kappa shape index (κ3) is 3.26. The van der Waals surface area contributed by atoms with Gasteiger partial charge >= 0.3 is 0 Å². The minimum absolute atomic E-state index is 0.208. The van der Waals surface area contributed by atoms with E-state index in [2.05, 4.69) is 10.2 Å². The van der Waals surface area contributed by atoms with E-state index in [0.717, 1.165) is 37.9 Å². The third-order valence-electron chi connectivity index (χ3n) is 3.95. The molecule has 102 valence electrons. The van der Waals surface area contributed by atoms with Crippen molar-refractivity contribution in [1.82, 2.24) is 9.80 Å². The van der Waals surface area contributed by atoms with Crippen LogP contribution in [0.5, 0.6) is 0 Å². The molecule has 1 aromatic carbocycles. The summed E-state index contributed by atoms with van der Waals surface area (Å²) in [7, 11) is 0. The van der Waals surface area contributed by atoms with Crippen LogP contribution in [0.25, 0.3) is 0 Å². The maximum Gasteiger partial charge on any atom is 0.241 e. The largest absolute Gasteiger partial charge is 0.376 e. The van der Waals surface area contributed by atoms with Gasteiger partial charge in [-0.05, 0) is 25.0 Å². The lowest BCUT2D eigenvalue weighted by Crippen LogP contribution is -2.50. The zero-order valence-corrected chi connectivity index (χ0v) is 11.2. The summed E-state index contributed by atoms with van der Waals surface area (Å²) >= 11 is 0. The molecule has 1 amide bonds. The van der Waals surface area contributed by atoms with Gasteiger partial charge in [-0.15, -0.1) is 0 Å². The van der Waals surface area contributed by atoms with E-state index >= 15 is 0 Å². The SMILES string of the molecule is O=C(CNc1ccccc1)N1CCN(C2CC2)CC1. The van der Waals surface area contributed by atoms with Crippen LogP contribution < -0.4 is 5.32 Å². The van der Waals surface area contributed by atoms with E-state index in [1.54, 1.807) is 0 Å². The summed E-state index contributed by atoms with van der Waals surface area (Å²) in [6.07, 6.45) is 2.70. The van der Waals surface area contributed by atoms with Crippen LogP contribution in [0.15, 0.2) is 30.3 Å². The van der Waals surface area contributed by atoms with Gasteiger partial charge in [-0.1, -0.05) is 18.2 Å². The molecule has 1 aliphatic carbocycles. The molecule has 4 heteroatoms. The number of nitrogens with zero attached hydrogens (tertiary/aromatic N) is 2. The number of rotatable bonds is 4. The molecule has 19 heavy (non-hydrogen) atoms. The minimum atomic E-state index is 0.208. The van der Waals surface area contributed by atoms with Gasteiger partial charge < -0.3 is 10.2 Å². The zero-order chi connectivity index (χ0) is 13.1. The lowest BCUT2D eigenvalue weighted by molar-refractivity contribution is -0.131. The second kappa shape index (κ2) is 5.61. The van der Waals surface area contributed by atoms with E-state index in [9.17, 15) is 4.79 Å². The van der Waals surface area contributed by atoms with Crippen LogP contribution in [-0.4, -0.2) is 54.5 Å². The molecule has 0 atom stereocenters. The molecule has 0 aromatic heterocycles. The molecule has 1 N–H and O–H groups in total. The van der Waals surface area contributed by atoms with E-state index in [1.807, 2.05) is 35.2 Å². The molecule has 0 unspecified atom stereocenters. The summed E-state index contributed by atoms with van der Waals surface area (Å²) in [5, 5.41) is 3.18. The summed E-state index contributed by atoms with van der Waals surface area (Å²) in [6, 6.07) is 10.7. The predicted octanol–water partition coefficient (Wildman–Crippen LogP) is 1.41. The third-order valence-corrected chi connectivity index (χ3v) is 3.95. The first-order chi connectivity index (χ1) is 9.33. The molecule has 2 aliphatic rings. The maximum absolute atomic E-state index is 12.1. The monoisotopic (exact) mass is 259 g/mol. The standard InChI is InChI=1S/C15H21N3O/c19-15(12-16-13-4-2-1-3-5-13)18-10-8-17(9-11-18)14-6-7-14/h1-5,14,16H,6-12H2. The van der Waals surface area contributed by atoms with Gasteiger partial charge in [0.25, 0.3) is 0 Å². The quantitative estimate of drug-likeness (QED) is 0.888. The molecule has 1 aliphatic heterocycles. The second-order valence-corrected chi connectivity index (χ2v) is 5.37. The molecule has 1 saturated carbocycles. The molecule has 1 heterocycles. The van der Waals surface area contributed by atoms with E-state index < -0.39 is 0 Å². The molecule has 1 saturated heterocycles. The fraction of sp³-hybridized carbons (Fsp3) is 0.533. The van der Waals surface area contributed by atoms with Crippen LogP contribution in [0.1, 0.15) is 12.8 Å². The van der Waals surface area contributed by atoms with E-state index in [0.29, 0.717) is 6.54 Å². The second-order valence-electron chi connectivity index (χ2n) is 5.37. The number of nitrogens with one attached hydrogen (secondary N) is 1. The Hall–Kier alpha value is -1.55. The average Bonchev–Trinajstić information content (AvgIpc) is 3.31. The average molecular weight is 259 g/mol. The van der Waals surface area contributed by atoms with Crippen molar-refractivity contribution in [2.24, 2.45) is 0 Å². The Balaban J connectivity index is 1.43. The zero-order valence-electron chi connectivity index (χ0n) is 11.2. The van der Waals surface area contributed by atoms with Crippen molar-refractivity contribution in [2.75, 3.05) is 38.0 Å². The number of piperazine rings is 1. The fourth-order valence-corrected chi connectivity index (χ4v) is 2.62. The summed E-state index contributed by atoms with van der Waals surface area (Å²) in [5.74, 6) is 0.208. The molecule has 0 spiro atoms. The van der Waals surface area contributed by atoms with Crippen LogP contribution in [-0.2, 0) is 4.79 Å². The predicted molar refractivity (Wildman–Crippen MR) is 76.1 cm³/mol. The van der Waals surface area contributed by atoms with Crippen molar-refractivity contribution in [3.05, 3.63) is 30.3 Å². The number of hydrogen-bond acceptors (Lipinski definition) is 3. The van der Waals surface area contributed by atoms with Gasteiger partial charge in [-0.25, -0.2) is 0 Å². The van der Waals surface area contributed by atoms with Crippen LogP contribution in [0.3, 0.4) is 0 Å². The molecular weight excluding hydrogens is 238 g/mol. The first kappa shape index (κ1) is 12.5. The Morgan fingerprint density at radius 1 is 1.11 bits per heavy atom. The van der Waals surface area contributed by atoms with E-state index in [-0.39, 0.29) is 5.91 Å². The summed E-state index contributed by atoms with van der Waals surface area (Å²) < 4.78 is 0. The molecular formula is C15H21N3O. The summed E-state index contributed by atoms with van der Waals surface area (Å²) in [4.78, 5) is 16.6. The Bertz CT molecular complexity index is 422. The Morgan fingerprint density at radius 3 is 2.42 bits per heavy atom. The van der Waals surface area contributed by atoms with Gasteiger partial charge in [0.1, 0.15) is 0 Å². The van der Waals surface area contributed by atoms with Crippen LogP contribution >= 0.6 is 0 Å². The van der Waals surface area contributed by atoms with Crippen LogP contribution in [0.4, 0.5) is 5.69 Å². The number of anilines is 1. The molecule has 3 rings (SSSR count). The van der Waals surface area contributed by atoms with Gasteiger partial charge in [-0.3, -0.25) is 9.69 Å². The highest BCUT2D eigenvalue weighted by Gasteiger charge is 2.32. The minimum Gasteiger partial charge on any atom is -0.376 e. The van der Waals surface area contributed by atoms with Gasteiger partial charge in [0.2, 0.25) is 5.91 Å². The van der Waals surface area contributed by atoms with Gasteiger partial charge in [0, 0.05) is 37.9 Å². The van der Waals surface area contributed by atoms with Crippen molar-refractivity contribution in [3.8, 4) is 0 Å². The summed E-state index contributed by atoms with van der Waals surface area (Å²) in [6.45, 7) is 4.24. The lowest BCUT2D eigenvalue weighted by atomic mass is 10.3. The van der Waals surface area contributed by atoms with E-state index in [4.69, 9.17) is 0 Å². The van der Waals surface area contributed by atoms with Crippen molar-refractivity contribution >= 4 is 11.6 Å². The fourth-order valence-electron chi connectivity index (χ4n) is 2.62.